The van der Waals surface area contributed by atoms with Crippen molar-refractivity contribution in [2.75, 3.05) is 6.61 Å². The normalized spacial score (nSPS) is 12.3. The number of hydrogen-bond acceptors (Lipinski definition) is 7. The predicted molar refractivity (Wildman–Crippen MR) is 126 cm³/mol. The maximum atomic E-state index is 13.1. The zero-order valence-electron chi connectivity index (χ0n) is 18.3. The van der Waals surface area contributed by atoms with Crippen LogP contribution >= 0.6 is 11.3 Å². The van der Waals surface area contributed by atoms with Crippen molar-refractivity contribution in [3.63, 3.8) is 0 Å². The molecule has 0 atom stereocenters. The molecule has 12 heteroatoms. The maximum absolute atomic E-state index is 13.1. The summed E-state index contributed by atoms with van der Waals surface area (Å²) in [5.41, 5.74) is 2.23. The van der Waals surface area contributed by atoms with Crippen LogP contribution in [0, 0.1) is 6.92 Å². The van der Waals surface area contributed by atoms with Crippen molar-refractivity contribution in [1.29, 1.82) is 0 Å². The van der Waals surface area contributed by atoms with E-state index in [2.05, 4.69) is 10.1 Å². The molecule has 0 bridgehead atoms. The Hall–Kier alpha value is -3.61. The first-order chi connectivity index (χ1) is 16.2. The van der Waals surface area contributed by atoms with Crippen molar-refractivity contribution in [2.45, 2.75) is 25.3 Å². The molecule has 0 fully saturated rings. The van der Waals surface area contributed by atoms with Crippen LogP contribution in [0.15, 0.2) is 64.6 Å². The number of carbonyl (C=O) groups excluding carboxylic acids is 2. The first kappa shape index (κ1) is 23.5. The van der Waals surface area contributed by atoms with Crippen molar-refractivity contribution in [3.05, 3.63) is 70.8 Å². The van der Waals surface area contributed by atoms with Gasteiger partial charge in [-0.25, -0.2) is 18.2 Å². The third kappa shape index (κ3) is 4.69. The highest BCUT2D eigenvalue weighted by molar-refractivity contribution is 7.89. The number of fused-ring (bicyclic) bond motifs is 1. The average Bonchev–Trinajstić information content (AvgIpc) is 3.34. The van der Waals surface area contributed by atoms with E-state index < -0.39 is 21.9 Å². The molecule has 176 valence electrons. The molecule has 0 unspecified atom stereocenters. The van der Waals surface area contributed by atoms with E-state index in [-0.39, 0.29) is 22.8 Å². The summed E-state index contributed by atoms with van der Waals surface area (Å²) in [6, 6.07) is 13.6. The number of nitrogens with zero attached hydrogens (tertiary/aromatic N) is 4. The van der Waals surface area contributed by atoms with Gasteiger partial charge in [-0.2, -0.15) is 10.1 Å². The Balaban J connectivity index is 1.82. The zero-order valence-corrected chi connectivity index (χ0v) is 20.0. The third-order valence-corrected chi connectivity index (χ3v) is 6.97. The van der Waals surface area contributed by atoms with E-state index in [0.717, 1.165) is 17.0 Å². The Morgan fingerprint density at radius 2 is 1.91 bits per heavy atom. The van der Waals surface area contributed by atoms with Crippen molar-refractivity contribution < 1.29 is 22.7 Å². The molecule has 2 heterocycles. The lowest BCUT2D eigenvalue weighted by atomic mass is 10.2. The number of esters is 1. The Bertz CT molecular complexity index is 1570. The van der Waals surface area contributed by atoms with E-state index in [9.17, 15) is 18.0 Å². The van der Waals surface area contributed by atoms with Gasteiger partial charge in [0.2, 0.25) is 10.0 Å². The molecule has 0 saturated heterocycles. The lowest BCUT2D eigenvalue weighted by Crippen LogP contribution is -2.23. The minimum Gasteiger partial charge on any atom is -0.465 e. The number of ether oxygens (including phenoxy) is 1. The summed E-state index contributed by atoms with van der Waals surface area (Å²) < 4.78 is 32.2. The summed E-state index contributed by atoms with van der Waals surface area (Å²) >= 11 is 1.07. The molecule has 34 heavy (non-hydrogen) atoms. The Morgan fingerprint density at radius 1 is 1.18 bits per heavy atom. The SMILES string of the molecule is CCOC(=O)Cn1c(=NC(=O)c2cnn(-c3ccccc3)c2C)sc2cc(S(N)(=O)=O)ccc21. The van der Waals surface area contributed by atoms with Gasteiger partial charge in [-0.15, -0.1) is 0 Å². The highest BCUT2D eigenvalue weighted by Crippen LogP contribution is 2.22. The molecule has 4 rings (SSSR count). The number of rotatable bonds is 6. The van der Waals surface area contributed by atoms with E-state index in [1.807, 2.05) is 30.3 Å². The molecule has 2 aromatic carbocycles. The summed E-state index contributed by atoms with van der Waals surface area (Å²) in [6.45, 7) is 3.45. The van der Waals surface area contributed by atoms with Gasteiger partial charge in [0.05, 0.1) is 44.9 Å². The summed E-state index contributed by atoms with van der Waals surface area (Å²) in [7, 11) is -3.93. The van der Waals surface area contributed by atoms with Gasteiger partial charge in [0.15, 0.2) is 4.80 Å². The molecular weight excluding hydrogens is 478 g/mol. The van der Waals surface area contributed by atoms with Crippen molar-refractivity contribution in [2.24, 2.45) is 10.1 Å². The number of carbonyl (C=O) groups is 2. The monoisotopic (exact) mass is 499 g/mol. The number of aromatic nitrogens is 3. The molecule has 0 aliphatic heterocycles. The number of amides is 1. The highest BCUT2D eigenvalue weighted by Gasteiger charge is 2.18. The van der Waals surface area contributed by atoms with E-state index in [1.165, 1.54) is 29.0 Å². The second-order valence-electron chi connectivity index (χ2n) is 7.26. The van der Waals surface area contributed by atoms with Gasteiger partial charge in [0.1, 0.15) is 6.54 Å². The molecule has 0 aliphatic rings. The summed E-state index contributed by atoms with van der Waals surface area (Å²) in [5.74, 6) is -1.06. The van der Waals surface area contributed by atoms with Crippen molar-refractivity contribution >= 4 is 43.5 Å². The van der Waals surface area contributed by atoms with Crippen molar-refractivity contribution in [1.82, 2.24) is 14.3 Å². The van der Waals surface area contributed by atoms with Crippen LogP contribution in [0.25, 0.3) is 15.9 Å². The van der Waals surface area contributed by atoms with E-state index in [4.69, 9.17) is 9.88 Å². The summed E-state index contributed by atoms with van der Waals surface area (Å²) in [6.07, 6.45) is 1.44. The zero-order chi connectivity index (χ0) is 24.5. The molecule has 0 saturated carbocycles. The first-order valence-electron chi connectivity index (χ1n) is 10.2. The third-order valence-electron chi connectivity index (χ3n) is 5.01. The van der Waals surface area contributed by atoms with Crippen LogP contribution in [-0.4, -0.2) is 41.2 Å². The van der Waals surface area contributed by atoms with Gasteiger partial charge in [0.25, 0.3) is 5.91 Å². The van der Waals surface area contributed by atoms with Gasteiger partial charge in [0, 0.05) is 0 Å². The number of primary sulfonamides is 1. The number of thiazole rings is 1. The molecule has 1 amide bonds. The van der Waals surface area contributed by atoms with E-state index in [0.29, 0.717) is 21.5 Å². The molecule has 4 aromatic rings. The number of hydrogen-bond donors (Lipinski definition) is 1. The van der Waals surface area contributed by atoms with Crippen LogP contribution in [0.4, 0.5) is 0 Å². The van der Waals surface area contributed by atoms with E-state index in [1.54, 1.807) is 18.5 Å². The second kappa shape index (κ2) is 9.33. The van der Waals surface area contributed by atoms with Crippen LogP contribution < -0.4 is 9.94 Å². The van der Waals surface area contributed by atoms with Gasteiger partial charge < -0.3 is 9.30 Å². The summed E-state index contributed by atoms with van der Waals surface area (Å²) in [4.78, 5) is 29.7. The lowest BCUT2D eigenvalue weighted by Gasteiger charge is -2.06. The molecular formula is C22H21N5O5S2. The highest BCUT2D eigenvalue weighted by atomic mass is 32.2. The Labute approximate surface area is 199 Å². The Morgan fingerprint density at radius 3 is 2.59 bits per heavy atom. The van der Waals surface area contributed by atoms with Gasteiger partial charge in [-0.3, -0.25) is 9.59 Å². The number of nitrogens with two attached hydrogens (primary N) is 1. The van der Waals surface area contributed by atoms with Crippen LogP contribution in [-0.2, 0) is 26.1 Å². The maximum Gasteiger partial charge on any atom is 0.326 e. The molecule has 10 nitrogen and oxygen atoms in total. The number of benzene rings is 2. The predicted octanol–water partition coefficient (Wildman–Crippen LogP) is 2.15. The van der Waals surface area contributed by atoms with Crippen LogP contribution in [0.3, 0.4) is 0 Å². The fourth-order valence-corrected chi connectivity index (χ4v) is 5.08. The Kier molecular flexibility index (Phi) is 6.46. The van der Waals surface area contributed by atoms with Crippen LogP contribution in [0.2, 0.25) is 0 Å². The van der Waals surface area contributed by atoms with Gasteiger partial charge >= 0.3 is 5.97 Å². The molecule has 2 aromatic heterocycles. The molecule has 0 aliphatic carbocycles. The fraction of sp³-hybridized carbons (Fsp3) is 0.182. The van der Waals surface area contributed by atoms with Crippen LogP contribution in [0.1, 0.15) is 23.0 Å². The minimum atomic E-state index is -3.93. The minimum absolute atomic E-state index is 0.0811. The quantitative estimate of drug-likeness (QED) is 0.403. The fourth-order valence-electron chi connectivity index (χ4n) is 3.40. The van der Waals surface area contributed by atoms with Gasteiger partial charge in [-0.1, -0.05) is 29.5 Å². The largest absolute Gasteiger partial charge is 0.465 e. The van der Waals surface area contributed by atoms with Crippen molar-refractivity contribution in [3.8, 4) is 5.69 Å². The molecule has 0 radical (unpaired) electrons. The first-order valence-corrected chi connectivity index (χ1v) is 12.6. The van der Waals surface area contributed by atoms with E-state index >= 15 is 0 Å². The number of sulfonamides is 1. The smallest absolute Gasteiger partial charge is 0.326 e. The average molecular weight is 500 g/mol. The topological polar surface area (TPSA) is 139 Å². The van der Waals surface area contributed by atoms with Gasteiger partial charge in [-0.05, 0) is 44.2 Å². The molecule has 0 spiro atoms. The summed E-state index contributed by atoms with van der Waals surface area (Å²) in [5, 5.41) is 9.55. The standard InChI is InChI=1S/C22H21N5O5S2/c1-3-32-20(28)13-26-18-10-9-16(34(23,30)31)11-19(18)33-22(26)25-21(29)17-12-24-27(14(17)2)15-7-5-4-6-8-15/h4-12H,3,13H2,1-2H3,(H2,23,30,31). The molecule has 2 N–H and O–H groups in total. The van der Waals surface area contributed by atoms with Crippen LogP contribution in [0.5, 0.6) is 0 Å². The second-order valence-corrected chi connectivity index (χ2v) is 9.83. The number of para-hydroxylation sites is 1. The lowest BCUT2D eigenvalue weighted by molar-refractivity contribution is -0.143.